The van der Waals surface area contributed by atoms with Crippen molar-refractivity contribution >= 4 is 44.4 Å². The van der Waals surface area contributed by atoms with E-state index in [1.54, 1.807) is 0 Å². The molecule has 0 amide bonds. The molecule has 25 heavy (non-hydrogen) atoms. The molecule has 0 aliphatic carbocycles. The van der Waals surface area contributed by atoms with Crippen LogP contribution in [0.15, 0.2) is 78.9 Å². The molecule has 3 aromatic carbocycles. The maximum atomic E-state index is 3.55. The summed E-state index contributed by atoms with van der Waals surface area (Å²) in [6.07, 6.45) is 2.35. The summed E-state index contributed by atoms with van der Waals surface area (Å²) in [5, 5.41) is 1.06. The molecule has 0 radical (unpaired) electrons. The van der Waals surface area contributed by atoms with E-state index in [1.807, 2.05) is 0 Å². The quantitative estimate of drug-likeness (QED) is 0.348. The number of benzene rings is 3. The molecule has 3 aromatic rings. The van der Waals surface area contributed by atoms with Crippen LogP contribution in [0, 0.1) is 0 Å². The van der Waals surface area contributed by atoms with Crippen LogP contribution in [0.2, 0.25) is 0 Å². The van der Waals surface area contributed by atoms with Gasteiger partial charge < -0.3 is 9.80 Å². The van der Waals surface area contributed by atoms with Crippen LogP contribution >= 0.6 is 15.9 Å². The summed E-state index contributed by atoms with van der Waals surface area (Å²) in [5.74, 6) is 0. The third kappa shape index (κ3) is 3.05. The van der Waals surface area contributed by atoms with Crippen LogP contribution in [-0.2, 0) is 0 Å². The average Bonchev–Trinajstić information content (AvgIpc) is 2.68. The van der Waals surface area contributed by atoms with Crippen LogP contribution in [0.4, 0.5) is 28.4 Å². The number of fused-ring (bicyclic) bond motifs is 2. The van der Waals surface area contributed by atoms with Gasteiger partial charge in [0.1, 0.15) is 0 Å². The van der Waals surface area contributed by atoms with Gasteiger partial charge in [-0.25, -0.2) is 0 Å². The molecule has 0 bridgehead atoms. The van der Waals surface area contributed by atoms with Gasteiger partial charge in [-0.2, -0.15) is 0 Å². The largest absolute Gasteiger partial charge is 0.338 e. The monoisotopic (exact) mass is 392 g/mol. The molecule has 0 saturated heterocycles. The Kier molecular flexibility index (Phi) is 4.75. The van der Waals surface area contributed by atoms with Gasteiger partial charge in [0, 0.05) is 17.6 Å². The van der Waals surface area contributed by atoms with Crippen molar-refractivity contribution in [3.05, 3.63) is 78.9 Å². The molecule has 1 heterocycles. The molecule has 3 heteroatoms. The van der Waals surface area contributed by atoms with Gasteiger partial charge in [-0.15, -0.1) is 0 Å². The summed E-state index contributed by atoms with van der Waals surface area (Å²) in [6.45, 7) is 1.03. The highest BCUT2D eigenvalue weighted by Gasteiger charge is 2.28. The molecule has 126 valence electrons. The maximum absolute atomic E-state index is 3.55. The Morgan fingerprint density at radius 2 is 1.12 bits per heavy atom. The van der Waals surface area contributed by atoms with Crippen molar-refractivity contribution in [2.45, 2.75) is 12.8 Å². The van der Waals surface area contributed by atoms with Gasteiger partial charge in [-0.1, -0.05) is 58.4 Å². The Hall–Kier alpha value is -2.26. The smallest absolute Gasteiger partial charge is 0.0699 e. The van der Waals surface area contributed by atoms with Crippen LogP contribution in [0.5, 0.6) is 0 Å². The highest BCUT2D eigenvalue weighted by atomic mass is 79.9. The van der Waals surface area contributed by atoms with Gasteiger partial charge in [-0.3, -0.25) is 0 Å². The second kappa shape index (κ2) is 7.32. The molecule has 2 nitrogen and oxygen atoms in total. The fraction of sp³-hybridized carbons (Fsp3) is 0.182. The predicted octanol–water partition coefficient (Wildman–Crippen LogP) is 6.78. The Balaban J connectivity index is 1.85. The molecule has 0 aromatic heterocycles. The van der Waals surface area contributed by atoms with Gasteiger partial charge in [-0.05, 0) is 49.2 Å². The molecule has 4 rings (SSSR count). The first-order valence-electron chi connectivity index (χ1n) is 8.77. The topological polar surface area (TPSA) is 6.48 Å². The average molecular weight is 393 g/mol. The first-order chi connectivity index (χ1) is 12.4. The van der Waals surface area contributed by atoms with Crippen molar-refractivity contribution in [2.24, 2.45) is 0 Å². The lowest BCUT2D eigenvalue weighted by Gasteiger charge is -2.40. The van der Waals surface area contributed by atoms with Gasteiger partial charge in [0.05, 0.1) is 22.7 Å². The van der Waals surface area contributed by atoms with Crippen LogP contribution < -0.4 is 9.80 Å². The summed E-state index contributed by atoms with van der Waals surface area (Å²) >= 11 is 3.55. The lowest BCUT2D eigenvalue weighted by atomic mass is 10.1. The van der Waals surface area contributed by atoms with Crippen molar-refractivity contribution in [1.29, 1.82) is 0 Å². The van der Waals surface area contributed by atoms with Gasteiger partial charge in [0.2, 0.25) is 0 Å². The minimum atomic E-state index is 1.03. The number of hydrogen-bond donors (Lipinski definition) is 0. The van der Waals surface area contributed by atoms with Gasteiger partial charge in [0.25, 0.3) is 0 Å². The second-order valence-corrected chi connectivity index (χ2v) is 6.99. The molecular weight excluding hydrogens is 372 g/mol. The van der Waals surface area contributed by atoms with E-state index in [1.165, 1.54) is 41.3 Å². The normalized spacial score (nSPS) is 12.7. The minimum absolute atomic E-state index is 1.03. The zero-order chi connectivity index (χ0) is 17.1. The third-order valence-electron chi connectivity index (χ3n) is 4.61. The van der Waals surface area contributed by atoms with E-state index in [0.29, 0.717) is 0 Å². The molecule has 0 atom stereocenters. The summed E-state index contributed by atoms with van der Waals surface area (Å²) in [7, 11) is 0. The van der Waals surface area contributed by atoms with Crippen molar-refractivity contribution in [2.75, 3.05) is 21.7 Å². The first-order valence-corrected chi connectivity index (χ1v) is 9.89. The van der Waals surface area contributed by atoms with E-state index in [0.717, 1.165) is 11.9 Å². The highest BCUT2D eigenvalue weighted by molar-refractivity contribution is 9.09. The lowest BCUT2D eigenvalue weighted by Crippen LogP contribution is -2.27. The van der Waals surface area contributed by atoms with E-state index >= 15 is 0 Å². The Morgan fingerprint density at radius 1 is 0.600 bits per heavy atom. The molecule has 0 spiro atoms. The van der Waals surface area contributed by atoms with E-state index in [2.05, 4.69) is 105 Å². The Bertz CT molecular complexity index is 800. The number of hydrogen-bond acceptors (Lipinski definition) is 2. The van der Waals surface area contributed by atoms with E-state index in [4.69, 9.17) is 0 Å². The Labute approximate surface area is 157 Å². The number of alkyl halides is 1. The van der Waals surface area contributed by atoms with Crippen LogP contribution in [0.25, 0.3) is 0 Å². The zero-order valence-corrected chi connectivity index (χ0v) is 15.7. The third-order valence-corrected chi connectivity index (χ3v) is 5.17. The summed E-state index contributed by atoms with van der Waals surface area (Å²) in [4.78, 5) is 4.83. The number of rotatable bonds is 5. The SMILES string of the molecule is BrCCCCN1c2ccccc2N(c2ccccc2)c2ccccc21. The predicted molar refractivity (Wildman–Crippen MR) is 111 cm³/mol. The van der Waals surface area contributed by atoms with E-state index in [-0.39, 0.29) is 0 Å². The fourth-order valence-electron chi connectivity index (χ4n) is 3.48. The molecule has 0 saturated carbocycles. The molecule has 0 N–H and O–H groups in total. The number of halogens is 1. The lowest BCUT2D eigenvalue weighted by molar-refractivity contribution is 0.792. The molecular formula is C22H21BrN2. The van der Waals surface area contributed by atoms with Gasteiger partial charge in [0.15, 0.2) is 0 Å². The van der Waals surface area contributed by atoms with Gasteiger partial charge >= 0.3 is 0 Å². The van der Waals surface area contributed by atoms with Crippen LogP contribution in [-0.4, -0.2) is 11.9 Å². The zero-order valence-electron chi connectivity index (χ0n) is 14.1. The van der Waals surface area contributed by atoms with E-state index in [9.17, 15) is 0 Å². The summed E-state index contributed by atoms with van der Waals surface area (Å²) in [6, 6.07) is 28.0. The van der Waals surface area contributed by atoms with E-state index < -0.39 is 0 Å². The number of anilines is 5. The fourth-order valence-corrected chi connectivity index (χ4v) is 3.88. The standard InChI is InChI=1S/C22H21BrN2/c23-16-8-9-17-24-19-12-4-6-14-21(19)25(18-10-2-1-3-11-18)22-15-7-5-13-20(22)24/h1-7,10-15H,8-9,16-17H2. The first kappa shape index (κ1) is 16.2. The van der Waals surface area contributed by atoms with Crippen molar-refractivity contribution < 1.29 is 0 Å². The molecule has 1 aliphatic heterocycles. The van der Waals surface area contributed by atoms with Crippen LogP contribution in [0.3, 0.4) is 0 Å². The molecule has 0 unspecified atom stereocenters. The minimum Gasteiger partial charge on any atom is -0.338 e. The second-order valence-electron chi connectivity index (χ2n) is 6.20. The summed E-state index contributed by atoms with van der Waals surface area (Å²) < 4.78 is 0. The van der Waals surface area contributed by atoms with Crippen molar-refractivity contribution in [3.63, 3.8) is 0 Å². The van der Waals surface area contributed by atoms with Crippen molar-refractivity contribution in [1.82, 2.24) is 0 Å². The van der Waals surface area contributed by atoms with Crippen LogP contribution in [0.1, 0.15) is 12.8 Å². The highest BCUT2D eigenvalue weighted by Crippen LogP contribution is 2.50. The van der Waals surface area contributed by atoms with Crippen molar-refractivity contribution in [3.8, 4) is 0 Å². The summed E-state index contributed by atoms with van der Waals surface area (Å²) in [5.41, 5.74) is 6.24. The Morgan fingerprint density at radius 3 is 1.68 bits per heavy atom. The number of para-hydroxylation sites is 5. The molecule has 1 aliphatic rings. The maximum Gasteiger partial charge on any atom is 0.0699 e. The number of nitrogens with zero attached hydrogens (tertiary/aromatic N) is 2. The molecule has 0 fully saturated rings. The number of unbranched alkanes of at least 4 members (excludes halogenated alkanes) is 1.